The molecular formula is C12H22BrN3. The Balaban J connectivity index is 3.12. The molecule has 0 aliphatic carbocycles. The van der Waals surface area contributed by atoms with Crippen LogP contribution in [0, 0.1) is 12.8 Å². The normalized spacial score (nSPS) is 13.2. The predicted molar refractivity (Wildman–Crippen MR) is 73.3 cm³/mol. The quantitative estimate of drug-likeness (QED) is 0.794. The topological polar surface area (TPSA) is 21.1 Å². The van der Waals surface area contributed by atoms with Crippen molar-refractivity contribution in [2.75, 3.05) is 11.9 Å². The highest BCUT2D eigenvalue weighted by Crippen LogP contribution is 2.27. The summed E-state index contributed by atoms with van der Waals surface area (Å²) >= 11 is 3.55. The molecule has 16 heavy (non-hydrogen) atoms. The highest BCUT2D eigenvalue weighted by atomic mass is 79.9. The van der Waals surface area contributed by atoms with Crippen molar-refractivity contribution in [1.29, 1.82) is 0 Å². The summed E-state index contributed by atoms with van der Waals surface area (Å²) in [7, 11) is 4.16. The summed E-state index contributed by atoms with van der Waals surface area (Å²) in [5.74, 6) is 1.85. The molecule has 0 saturated carbocycles. The van der Waals surface area contributed by atoms with Crippen LogP contribution < -0.4 is 4.90 Å². The van der Waals surface area contributed by atoms with Crippen LogP contribution in [-0.2, 0) is 12.4 Å². The Morgan fingerprint density at radius 1 is 1.38 bits per heavy atom. The first-order valence-electron chi connectivity index (χ1n) is 5.71. The van der Waals surface area contributed by atoms with Gasteiger partial charge in [0.05, 0.1) is 5.69 Å². The molecule has 0 N–H and O–H groups in total. The van der Waals surface area contributed by atoms with E-state index >= 15 is 0 Å². The van der Waals surface area contributed by atoms with Crippen LogP contribution in [0.3, 0.4) is 0 Å². The van der Waals surface area contributed by atoms with E-state index in [1.807, 2.05) is 11.7 Å². The first-order chi connectivity index (χ1) is 7.40. The van der Waals surface area contributed by atoms with Gasteiger partial charge in [0.1, 0.15) is 5.82 Å². The van der Waals surface area contributed by atoms with Crippen LogP contribution in [0.1, 0.15) is 32.0 Å². The van der Waals surface area contributed by atoms with Gasteiger partial charge in [-0.2, -0.15) is 5.10 Å². The van der Waals surface area contributed by atoms with Gasteiger partial charge in [-0.3, -0.25) is 4.68 Å². The Labute approximate surface area is 107 Å². The third-order valence-electron chi connectivity index (χ3n) is 3.36. The smallest absolute Gasteiger partial charge is 0.130 e. The van der Waals surface area contributed by atoms with Gasteiger partial charge in [0.15, 0.2) is 0 Å². The fourth-order valence-electron chi connectivity index (χ4n) is 1.93. The van der Waals surface area contributed by atoms with Crippen LogP contribution in [0.2, 0.25) is 0 Å². The number of nitrogens with zero attached hydrogens (tertiary/aromatic N) is 3. The predicted octanol–water partition coefficient (Wildman–Crippen LogP) is 3.10. The van der Waals surface area contributed by atoms with Gasteiger partial charge in [-0.1, -0.05) is 29.8 Å². The van der Waals surface area contributed by atoms with Crippen LogP contribution in [0.15, 0.2) is 0 Å². The molecule has 1 rings (SSSR count). The zero-order chi connectivity index (χ0) is 12.5. The van der Waals surface area contributed by atoms with E-state index in [0.29, 0.717) is 12.0 Å². The number of aromatic nitrogens is 2. The largest absolute Gasteiger partial charge is 0.357 e. The maximum absolute atomic E-state index is 4.49. The third kappa shape index (κ3) is 2.42. The Morgan fingerprint density at radius 3 is 2.38 bits per heavy atom. The van der Waals surface area contributed by atoms with Crippen LogP contribution in [-0.4, -0.2) is 22.9 Å². The molecule has 92 valence electrons. The molecule has 0 aliphatic rings. The lowest BCUT2D eigenvalue weighted by atomic mass is 10.0. The second-order valence-electron chi connectivity index (χ2n) is 4.74. The summed E-state index contributed by atoms with van der Waals surface area (Å²) in [5, 5.41) is 5.35. The number of halogens is 1. The van der Waals surface area contributed by atoms with Gasteiger partial charge in [0, 0.05) is 31.0 Å². The Bertz CT molecular complexity index is 357. The number of hydrogen-bond acceptors (Lipinski definition) is 2. The number of alkyl halides is 1. The van der Waals surface area contributed by atoms with E-state index in [1.54, 1.807) is 0 Å². The highest BCUT2D eigenvalue weighted by Gasteiger charge is 2.21. The van der Waals surface area contributed by atoms with E-state index < -0.39 is 0 Å². The van der Waals surface area contributed by atoms with Gasteiger partial charge in [0.25, 0.3) is 0 Å². The molecule has 1 heterocycles. The fourth-order valence-corrected chi connectivity index (χ4v) is 2.58. The fraction of sp³-hybridized carbons (Fsp3) is 0.750. The van der Waals surface area contributed by atoms with E-state index in [1.165, 1.54) is 11.4 Å². The minimum Gasteiger partial charge on any atom is -0.357 e. The molecular weight excluding hydrogens is 266 g/mol. The second-order valence-corrected chi connectivity index (χ2v) is 5.30. The number of rotatable bonds is 4. The lowest BCUT2D eigenvalue weighted by Gasteiger charge is -2.30. The van der Waals surface area contributed by atoms with E-state index in [-0.39, 0.29) is 0 Å². The van der Waals surface area contributed by atoms with Crippen LogP contribution in [0.4, 0.5) is 5.82 Å². The van der Waals surface area contributed by atoms with Crippen molar-refractivity contribution in [3.8, 4) is 0 Å². The minimum absolute atomic E-state index is 0.507. The van der Waals surface area contributed by atoms with Gasteiger partial charge in [0.2, 0.25) is 0 Å². The van der Waals surface area contributed by atoms with Gasteiger partial charge in [-0.05, 0) is 19.8 Å². The summed E-state index contributed by atoms with van der Waals surface area (Å²) in [6.07, 6.45) is 0. The van der Waals surface area contributed by atoms with E-state index in [2.05, 4.69) is 60.7 Å². The SMILES string of the molecule is Cc1nn(C)c(N(C)C(C)C(C)C)c1CBr. The molecule has 0 bridgehead atoms. The first-order valence-corrected chi connectivity index (χ1v) is 6.83. The number of aryl methyl sites for hydroxylation is 2. The molecule has 0 amide bonds. The summed E-state index contributed by atoms with van der Waals surface area (Å²) in [5.41, 5.74) is 2.40. The van der Waals surface area contributed by atoms with Crippen LogP contribution >= 0.6 is 15.9 Å². The Morgan fingerprint density at radius 2 is 1.94 bits per heavy atom. The zero-order valence-corrected chi connectivity index (χ0v) is 12.7. The molecule has 0 radical (unpaired) electrons. The van der Waals surface area contributed by atoms with Crippen molar-refractivity contribution >= 4 is 21.7 Å². The summed E-state index contributed by atoms with van der Waals surface area (Å²) in [6, 6.07) is 0.507. The molecule has 1 atom stereocenters. The standard InChI is InChI=1S/C12H22BrN3/c1-8(2)10(4)15(5)12-11(7-13)9(3)14-16(12)6/h8,10H,7H2,1-6H3. The van der Waals surface area contributed by atoms with Crippen molar-refractivity contribution in [1.82, 2.24) is 9.78 Å². The number of hydrogen-bond donors (Lipinski definition) is 0. The Hall–Kier alpha value is -0.510. The average Bonchev–Trinajstić information content (AvgIpc) is 2.50. The average molecular weight is 288 g/mol. The van der Waals surface area contributed by atoms with Gasteiger partial charge < -0.3 is 4.90 Å². The Kier molecular flexibility index (Phi) is 4.42. The lowest BCUT2D eigenvalue weighted by Crippen LogP contribution is -2.35. The minimum atomic E-state index is 0.507. The molecule has 1 aromatic rings. The maximum atomic E-state index is 4.49. The number of anilines is 1. The molecule has 0 aliphatic heterocycles. The van der Waals surface area contributed by atoms with E-state index in [9.17, 15) is 0 Å². The molecule has 4 heteroatoms. The van der Waals surface area contributed by atoms with Crippen molar-refractivity contribution in [3.05, 3.63) is 11.3 Å². The van der Waals surface area contributed by atoms with Crippen LogP contribution in [0.25, 0.3) is 0 Å². The third-order valence-corrected chi connectivity index (χ3v) is 3.92. The monoisotopic (exact) mass is 287 g/mol. The summed E-state index contributed by atoms with van der Waals surface area (Å²) < 4.78 is 1.98. The van der Waals surface area contributed by atoms with Crippen molar-refractivity contribution in [2.45, 2.75) is 39.1 Å². The second kappa shape index (κ2) is 5.21. The maximum Gasteiger partial charge on any atom is 0.130 e. The molecule has 1 unspecified atom stereocenters. The highest BCUT2D eigenvalue weighted by molar-refractivity contribution is 9.08. The van der Waals surface area contributed by atoms with E-state index in [0.717, 1.165) is 11.0 Å². The molecule has 0 fully saturated rings. The van der Waals surface area contributed by atoms with E-state index in [4.69, 9.17) is 0 Å². The van der Waals surface area contributed by atoms with Gasteiger partial charge in [-0.15, -0.1) is 0 Å². The van der Waals surface area contributed by atoms with Crippen LogP contribution in [0.5, 0.6) is 0 Å². The molecule has 1 aromatic heterocycles. The molecule has 3 nitrogen and oxygen atoms in total. The molecule has 0 spiro atoms. The summed E-state index contributed by atoms with van der Waals surface area (Å²) in [6.45, 7) is 8.81. The van der Waals surface area contributed by atoms with Crippen molar-refractivity contribution in [2.24, 2.45) is 13.0 Å². The molecule has 0 aromatic carbocycles. The molecule has 0 saturated heterocycles. The zero-order valence-electron chi connectivity index (χ0n) is 11.1. The van der Waals surface area contributed by atoms with Gasteiger partial charge in [-0.25, -0.2) is 0 Å². The van der Waals surface area contributed by atoms with Crippen molar-refractivity contribution in [3.63, 3.8) is 0 Å². The summed E-state index contributed by atoms with van der Waals surface area (Å²) in [4.78, 5) is 2.32. The van der Waals surface area contributed by atoms with Crippen molar-refractivity contribution < 1.29 is 0 Å². The lowest BCUT2D eigenvalue weighted by molar-refractivity contribution is 0.496. The van der Waals surface area contributed by atoms with Gasteiger partial charge >= 0.3 is 0 Å². The first kappa shape index (κ1) is 13.6.